The molecule has 0 atom stereocenters. The molecule has 0 saturated heterocycles. The quantitative estimate of drug-likeness (QED) is 0.811. The average molecular weight is 319 g/mol. The van der Waals surface area contributed by atoms with Gasteiger partial charge in [-0.15, -0.1) is 0 Å². The van der Waals surface area contributed by atoms with Gasteiger partial charge in [0.25, 0.3) is 0 Å². The number of halogens is 2. The minimum atomic E-state index is -3.85. The van der Waals surface area contributed by atoms with Gasteiger partial charge in [-0.2, -0.15) is 5.10 Å². The maximum atomic E-state index is 13.1. The molecule has 1 heterocycles. The highest BCUT2D eigenvalue weighted by atomic mass is 35.5. The molecule has 0 aliphatic heterocycles. The first-order valence-electron chi connectivity index (χ1n) is 5.62. The molecular formula is C11H12ClFN4O2S. The standard InChI is InChI=1S/C11H12ClFN4O2S/c12-8-6-9(13)10(14)7-11(8)20(18,19)16-3-5-17-4-1-2-15-17/h1-2,4,6-7,16H,3,5,14H2. The maximum absolute atomic E-state index is 13.1. The summed E-state index contributed by atoms with van der Waals surface area (Å²) in [7, 11) is -3.85. The largest absolute Gasteiger partial charge is 0.396 e. The lowest BCUT2D eigenvalue weighted by atomic mass is 10.3. The Kier molecular flexibility index (Phi) is 4.26. The molecule has 6 nitrogen and oxygen atoms in total. The van der Waals surface area contributed by atoms with Gasteiger partial charge in [-0.25, -0.2) is 17.5 Å². The Morgan fingerprint density at radius 2 is 2.20 bits per heavy atom. The van der Waals surface area contributed by atoms with Crippen LogP contribution in [0.5, 0.6) is 0 Å². The van der Waals surface area contributed by atoms with Crippen molar-refractivity contribution in [2.75, 3.05) is 12.3 Å². The van der Waals surface area contributed by atoms with E-state index < -0.39 is 15.8 Å². The minimum Gasteiger partial charge on any atom is -0.396 e. The number of nitrogens with two attached hydrogens (primary N) is 1. The average Bonchev–Trinajstić information content (AvgIpc) is 2.86. The van der Waals surface area contributed by atoms with Crippen molar-refractivity contribution in [2.24, 2.45) is 0 Å². The van der Waals surface area contributed by atoms with Crippen LogP contribution in [0, 0.1) is 5.82 Å². The molecule has 1 aromatic carbocycles. The normalized spacial score (nSPS) is 11.7. The number of hydrogen-bond donors (Lipinski definition) is 2. The number of hydrogen-bond acceptors (Lipinski definition) is 4. The van der Waals surface area contributed by atoms with E-state index >= 15 is 0 Å². The second-order valence-corrected chi connectivity index (χ2v) is 6.11. The Morgan fingerprint density at radius 3 is 2.85 bits per heavy atom. The summed E-state index contributed by atoms with van der Waals surface area (Å²) in [6, 6.07) is 3.60. The van der Waals surface area contributed by atoms with Crippen LogP contribution in [-0.2, 0) is 16.6 Å². The summed E-state index contributed by atoms with van der Waals surface area (Å²) < 4.78 is 41.2. The molecule has 0 unspecified atom stereocenters. The molecule has 0 radical (unpaired) electrons. The van der Waals surface area contributed by atoms with Crippen LogP contribution < -0.4 is 10.5 Å². The highest BCUT2D eigenvalue weighted by Gasteiger charge is 2.19. The van der Waals surface area contributed by atoms with E-state index in [1.54, 1.807) is 23.1 Å². The van der Waals surface area contributed by atoms with Gasteiger partial charge < -0.3 is 5.73 Å². The van der Waals surface area contributed by atoms with Crippen LogP contribution in [-0.4, -0.2) is 24.7 Å². The van der Waals surface area contributed by atoms with Gasteiger partial charge in [-0.1, -0.05) is 11.6 Å². The summed E-state index contributed by atoms with van der Waals surface area (Å²) in [6.07, 6.45) is 3.29. The molecule has 108 valence electrons. The number of aromatic nitrogens is 2. The van der Waals surface area contributed by atoms with E-state index in [1.165, 1.54) is 0 Å². The molecule has 0 bridgehead atoms. The van der Waals surface area contributed by atoms with Crippen molar-refractivity contribution in [3.63, 3.8) is 0 Å². The van der Waals surface area contributed by atoms with Crippen LogP contribution in [0.25, 0.3) is 0 Å². The summed E-state index contributed by atoms with van der Waals surface area (Å²) in [5.41, 5.74) is 5.08. The number of nitrogen functional groups attached to an aromatic ring is 1. The molecular weight excluding hydrogens is 307 g/mol. The maximum Gasteiger partial charge on any atom is 0.242 e. The minimum absolute atomic E-state index is 0.123. The molecule has 0 spiro atoms. The number of rotatable bonds is 5. The van der Waals surface area contributed by atoms with Crippen LogP contribution in [0.15, 0.2) is 35.5 Å². The zero-order valence-corrected chi connectivity index (χ0v) is 11.8. The molecule has 2 rings (SSSR count). The van der Waals surface area contributed by atoms with Gasteiger partial charge in [-0.05, 0) is 18.2 Å². The Hall–Kier alpha value is -1.64. The summed E-state index contributed by atoms with van der Waals surface area (Å²) in [5, 5.41) is 3.72. The second-order valence-electron chi connectivity index (χ2n) is 3.97. The molecule has 0 amide bonds. The van der Waals surface area contributed by atoms with Gasteiger partial charge in [0.1, 0.15) is 10.7 Å². The lowest BCUT2D eigenvalue weighted by molar-refractivity contribution is 0.560. The zero-order valence-electron chi connectivity index (χ0n) is 10.3. The molecule has 0 aliphatic rings. The Bertz CT molecular complexity index is 703. The van der Waals surface area contributed by atoms with Gasteiger partial charge in [-0.3, -0.25) is 4.68 Å². The Labute approximate surface area is 120 Å². The van der Waals surface area contributed by atoms with E-state index in [-0.39, 0.29) is 22.2 Å². The van der Waals surface area contributed by atoms with E-state index in [4.69, 9.17) is 17.3 Å². The Balaban J connectivity index is 2.12. The predicted molar refractivity (Wildman–Crippen MR) is 73.2 cm³/mol. The first-order valence-corrected chi connectivity index (χ1v) is 7.48. The van der Waals surface area contributed by atoms with Crippen LogP contribution >= 0.6 is 11.6 Å². The SMILES string of the molecule is Nc1cc(S(=O)(=O)NCCn2cccn2)c(Cl)cc1F. The van der Waals surface area contributed by atoms with Crippen molar-refractivity contribution in [1.82, 2.24) is 14.5 Å². The fourth-order valence-corrected chi connectivity index (χ4v) is 3.12. The molecule has 2 aromatic rings. The summed E-state index contributed by atoms with van der Waals surface area (Å²) in [6.45, 7) is 0.484. The van der Waals surface area contributed by atoms with Crippen LogP contribution in [0.2, 0.25) is 5.02 Å². The second kappa shape index (κ2) is 5.78. The van der Waals surface area contributed by atoms with Crippen LogP contribution in [0.1, 0.15) is 0 Å². The first-order chi connectivity index (χ1) is 9.40. The van der Waals surface area contributed by atoms with Crippen molar-refractivity contribution < 1.29 is 12.8 Å². The lowest BCUT2D eigenvalue weighted by Gasteiger charge is -2.09. The van der Waals surface area contributed by atoms with E-state index in [2.05, 4.69) is 9.82 Å². The summed E-state index contributed by atoms with van der Waals surface area (Å²) in [5.74, 6) is -0.759. The third-order valence-electron chi connectivity index (χ3n) is 2.53. The number of nitrogens with one attached hydrogen (secondary N) is 1. The molecule has 9 heteroatoms. The monoisotopic (exact) mass is 318 g/mol. The summed E-state index contributed by atoms with van der Waals surface area (Å²) in [4.78, 5) is -0.251. The highest BCUT2D eigenvalue weighted by molar-refractivity contribution is 7.89. The number of sulfonamides is 1. The van der Waals surface area contributed by atoms with Crippen molar-refractivity contribution in [3.05, 3.63) is 41.4 Å². The smallest absolute Gasteiger partial charge is 0.242 e. The molecule has 0 saturated carbocycles. The molecule has 3 N–H and O–H groups in total. The fraction of sp³-hybridized carbons (Fsp3) is 0.182. The zero-order chi connectivity index (χ0) is 14.8. The third kappa shape index (κ3) is 3.27. The first kappa shape index (κ1) is 14.8. The van der Waals surface area contributed by atoms with Gasteiger partial charge in [0, 0.05) is 18.9 Å². The van der Waals surface area contributed by atoms with Crippen LogP contribution in [0.3, 0.4) is 0 Å². The molecule has 20 heavy (non-hydrogen) atoms. The molecule has 0 aliphatic carbocycles. The molecule has 0 fully saturated rings. The predicted octanol–water partition coefficient (Wildman–Crippen LogP) is 1.24. The third-order valence-corrected chi connectivity index (χ3v) is 4.46. The highest BCUT2D eigenvalue weighted by Crippen LogP contribution is 2.25. The number of benzene rings is 1. The van der Waals surface area contributed by atoms with E-state index in [9.17, 15) is 12.8 Å². The van der Waals surface area contributed by atoms with Gasteiger partial charge in [0.15, 0.2) is 0 Å². The molecule has 1 aromatic heterocycles. The van der Waals surface area contributed by atoms with Crippen molar-refractivity contribution >= 4 is 27.3 Å². The van der Waals surface area contributed by atoms with Gasteiger partial charge >= 0.3 is 0 Å². The fourth-order valence-electron chi connectivity index (χ4n) is 1.56. The summed E-state index contributed by atoms with van der Waals surface area (Å²) >= 11 is 5.73. The van der Waals surface area contributed by atoms with Crippen molar-refractivity contribution in [3.8, 4) is 0 Å². The van der Waals surface area contributed by atoms with E-state index in [0.717, 1.165) is 12.1 Å². The lowest BCUT2D eigenvalue weighted by Crippen LogP contribution is -2.28. The van der Waals surface area contributed by atoms with Crippen molar-refractivity contribution in [1.29, 1.82) is 0 Å². The van der Waals surface area contributed by atoms with E-state index in [0.29, 0.717) is 6.54 Å². The Morgan fingerprint density at radius 1 is 1.45 bits per heavy atom. The number of nitrogens with zero attached hydrogens (tertiary/aromatic N) is 2. The van der Waals surface area contributed by atoms with E-state index in [1.807, 2.05) is 0 Å². The van der Waals surface area contributed by atoms with Gasteiger partial charge in [0.2, 0.25) is 10.0 Å². The number of anilines is 1. The van der Waals surface area contributed by atoms with Crippen molar-refractivity contribution in [2.45, 2.75) is 11.4 Å². The van der Waals surface area contributed by atoms with Crippen LogP contribution in [0.4, 0.5) is 10.1 Å². The van der Waals surface area contributed by atoms with Gasteiger partial charge in [0.05, 0.1) is 17.3 Å². The topological polar surface area (TPSA) is 90.0 Å².